The summed E-state index contributed by atoms with van der Waals surface area (Å²) in [6, 6.07) is 2.25. The minimum atomic E-state index is -4.47. The highest BCUT2D eigenvalue weighted by atomic mass is 32.2. The first kappa shape index (κ1) is 17.2. The lowest BCUT2D eigenvalue weighted by atomic mass is 9.85. The Morgan fingerprint density at radius 3 is 2.45 bits per heavy atom. The standard InChI is InChI=1S/C14H17F4NO2S/c1-9-6-7-11(15)13(8-9)22(20,21)19-12-5-3-2-4-10(12)14(16,17)18/h6-8,10,12,19H,2-5H2,1H3/t10-,12+/m0/s1. The fourth-order valence-corrected chi connectivity index (χ4v) is 4.22. The molecule has 1 fully saturated rings. The van der Waals surface area contributed by atoms with Gasteiger partial charge in [-0.2, -0.15) is 13.2 Å². The van der Waals surface area contributed by atoms with Crippen molar-refractivity contribution in [2.45, 2.75) is 49.7 Å². The molecular weight excluding hydrogens is 322 g/mol. The number of hydrogen-bond donors (Lipinski definition) is 1. The lowest BCUT2D eigenvalue weighted by molar-refractivity contribution is -0.187. The van der Waals surface area contributed by atoms with Gasteiger partial charge in [0.1, 0.15) is 10.7 Å². The lowest BCUT2D eigenvalue weighted by Crippen LogP contribution is -2.47. The van der Waals surface area contributed by atoms with E-state index >= 15 is 0 Å². The molecule has 3 nitrogen and oxygen atoms in total. The zero-order chi connectivity index (χ0) is 16.5. The van der Waals surface area contributed by atoms with Crippen LogP contribution >= 0.6 is 0 Å². The highest BCUT2D eigenvalue weighted by Crippen LogP contribution is 2.38. The first-order chi connectivity index (χ1) is 10.1. The normalized spacial score (nSPS) is 23.5. The molecule has 1 saturated carbocycles. The molecule has 8 heteroatoms. The number of benzene rings is 1. The van der Waals surface area contributed by atoms with E-state index in [4.69, 9.17) is 0 Å². The van der Waals surface area contributed by atoms with Crippen molar-refractivity contribution in [1.29, 1.82) is 0 Å². The van der Waals surface area contributed by atoms with Gasteiger partial charge in [0.25, 0.3) is 0 Å². The molecular formula is C14H17F4NO2S. The van der Waals surface area contributed by atoms with Crippen LogP contribution in [0.5, 0.6) is 0 Å². The number of nitrogens with one attached hydrogen (secondary N) is 1. The van der Waals surface area contributed by atoms with Crippen LogP contribution in [0.2, 0.25) is 0 Å². The van der Waals surface area contributed by atoms with Crippen LogP contribution in [0.4, 0.5) is 17.6 Å². The topological polar surface area (TPSA) is 46.2 Å². The SMILES string of the molecule is Cc1ccc(F)c(S(=O)(=O)N[C@@H]2CCCC[C@@H]2C(F)(F)F)c1. The molecule has 0 unspecified atom stereocenters. The van der Waals surface area contributed by atoms with Crippen molar-refractivity contribution in [2.24, 2.45) is 5.92 Å². The Morgan fingerprint density at radius 2 is 1.82 bits per heavy atom. The monoisotopic (exact) mass is 339 g/mol. The van der Waals surface area contributed by atoms with Crippen molar-refractivity contribution in [3.63, 3.8) is 0 Å². The van der Waals surface area contributed by atoms with Crippen molar-refractivity contribution < 1.29 is 26.0 Å². The second-order valence-corrected chi connectivity index (χ2v) is 7.28. The Hall–Kier alpha value is -1.15. The molecule has 1 aliphatic carbocycles. The predicted molar refractivity (Wildman–Crippen MR) is 73.3 cm³/mol. The summed E-state index contributed by atoms with van der Waals surface area (Å²) in [6.45, 7) is 1.58. The van der Waals surface area contributed by atoms with E-state index in [0.717, 1.165) is 12.1 Å². The van der Waals surface area contributed by atoms with Crippen LogP contribution in [0.15, 0.2) is 23.1 Å². The third-order valence-corrected chi connectivity index (χ3v) is 5.37. The zero-order valence-electron chi connectivity index (χ0n) is 12.0. The van der Waals surface area contributed by atoms with Crippen LogP contribution < -0.4 is 4.72 Å². The fraction of sp³-hybridized carbons (Fsp3) is 0.571. The van der Waals surface area contributed by atoms with Crippen LogP contribution in [0.25, 0.3) is 0 Å². The summed E-state index contributed by atoms with van der Waals surface area (Å²) in [6.07, 6.45) is -3.58. The maximum Gasteiger partial charge on any atom is 0.393 e. The lowest BCUT2D eigenvalue weighted by Gasteiger charge is -2.33. The van der Waals surface area contributed by atoms with Crippen LogP contribution in [0.3, 0.4) is 0 Å². The second-order valence-electron chi connectivity index (χ2n) is 5.59. The summed E-state index contributed by atoms with van der Waals surface area (Å²) in [4.78, 5) is -0.612. The van der Waals surface area contributed by atoms with Gasteiger partial charge >= 0.3 is 6.18 Å². The molecule has 0 spiro atoms. The van der Waals surface area contributed by atoms with Gasteiger partial charge in [0, 0.05) is 6.04 Å². The number of hydrogen-bond acceptors (Lipinski definition) is 2. The number of sulfonamides is 1. The van der Waals surface area contributed by atoms with Crippen LogP contribution in [-0.2, 0) is 10.0 Å². The molecule has 1 N–H and O–H groups in total. The summed E-state index contributed by atoms with van der Waals surface area (Å²) >= 11 is 0. The quantitative estimate of drug-likeness (QED) is 0.857. The minimum absolute atomic E-state index is 0.0941. The van der Waals surface area contributed by atoms with Gasteiger partial charge in [-0.15, -0.1) is 0 Å². The highest BCUT2D eigenvalue weighted by Gasteiger charge is 2.46. The van der Waals surface area contributed by atoms with E-state index in [2.05, 4.69) is 0 Å². The molecule has 0 aromatic heterocycles. The minimum Gasteiger partial charge on any atom is -0.207 e. The molecule has 0 saturated heterocycles. The van der Waals surface area contributed by atoms with Gasteiger partial charge in [-0.25, -0.2) is 17.5 Å². The van der Waals surface area contributed by atoms with E-state index in [1.807, 2.05) is 4.72 Å². The van der Waals surface area contributed by atoms with Gasteiger partial charge in [-0.05, 0) is 37.5 Å². The molecule has 2 atom stereocenters. The van der Waals surface area contributed by atoms with E-state index in [1.165, 1.54) is 6.07 Å². The van der Waals surface area contributed by atoms with Gasteiger partial charge in [-0.1, -0.05) is 18.9 Å². The summed E-state index contributed by atoms with van der Waals surface area (Å²) in [5, 5.41) is 0. The fourth-order valence-electron chi connectivity index (χ4n) is 2.74. The summed E-state index contributed by atoms with van der Waals surface area (Å²) in [7, 11) is -4.33. The third kappa shape index (κ3) is 3.78. The van der Waals surface area contributed by atoms with Crippen molar-refractivity contribution in [1.82, 2.24) is 4.72 Å². The van der Waals surface area contributed by atoms with Crippen molar-refractivity contribution in [2.75, 3.05) is 0 Å². The third-order valence-electron chi connectivity index (χ3n) is 3.87. The van der Waals surface area contributed by atoms with Gasteiger partial charge < -0.3 is 0 Å². The smallest absolute Gasteiger partial charge is 0.207 e. The Labute approximate surface area is 126 Å². The number of aryl methyl sites for hydroxylation is 1. The molecule has 1 aromatic carbocycles. The van der Waals surface area contributed by atoms with Crippen LogP contribution in [0, 0.1) is 18.7 Å². The number of alkyl halides is 3. The van der Waals surface area contributed by atoms with Crippen molar-refractivity contribution in [3.05, 3.63) is 29.6 Å². The largest absolute Gasteiger partial charge is 0.393 e. The Bertz CT molecular complexity index is 643. The maximum absolute atomic E-state index is 13.7. The van der Waals surface area contributed by atoms with Gasteiger partial charge in [-0.3, -0.25) is 0 Å². The Kier molecular flexibility index (Phi) is 4.81. The molecule has 22 heavy (non-hydrogen) atoms. The Morgan fingerprint density at radius 1 is 1.18 bits per heavy atom. The first-order valence-electron chi connectivity index (χ1n) is 6.96. The summed E-state index contributed by atoms with van der Waals surface area (Å²) < 4.78 is 79.2. The maximum atomic E-state index is 13.7. The van der Waals surface area contributed by atoms with E-state index in [1.54, 1.807) is 6.92 Å². The zero-order valence-corrected chi connectivity index (χ0v) is 12.8. The van der Waals surface area contributed by atoms with Crippen molar-refractivity contribution in [3.8, 4) is 0 Å². The molecule has 1 aliphatic rings. The van der Waals surface area contributed by atoms with Gasteiger partial charge in [0.2, 0.25) is 10.0 Å². The van der Waals surface area contributed by atoms with Crippen LogP contribution in [0.1, 0.15) is 31.2 Å². The van der Waals surface area contributed by atoms with Crippen molar-refractivity contribution >= 4 is 10.0 Å². The van der Waals surface area contributed by atoms with E-state index in [9.17, 15) is 26.0 Å². The number of rotatable bonds is 3. The van der Waals surface area contributed by atoms with Gasteiger partial charge in [0.05, 0.1) is 5.92 Å². The molecule has 124 valence electrons. The number of halogens is 4. The van der Waals surface area contributed by atoms with E-state index < -0.39 is 38.9 Å². The highest BCUT2D eigenvalue weighted by molar-refractivity contribution is 7.89. The summed E-state index contributed by atoms with van der Waals surface area (Å²) in [5.74, 6) is -2.71. The second kappa shape index (κ2) is 6.16. The molecule has 0 aliphatic heterocycles. The Balaban J connectivity index is 2.29. The van der Waals surface area contributed by atoms with Crippen LogP contribution in [-0.4, -0.2) is 20.6 Å². The molecule has 0 heterocycles. The predicted octanol–water partition coefficient (Wildman–Crippen LogP) is 3.53. The van der Waals surface area contributed by atoms with E-state index in [0.29, 0.717) is 18.4 Å². The van der Waals surface area contributed by atoms with E-state index in [-0.39, 0.29) is 12.8 Å². The molecule has 0 bridgehead atoms. The molecule has 2 rings (SSSR count). The molecule has 0 amide bonds. The average Bonchev–Trinajstić information content (AvgIpc) is 2.40. The average molecular weight is 339 g/mol. The summed E-state index contributed by atoms with van der Waals surface area (Å²) in [5.41, 5.74) is 0.512. The van der Waals surface area contributed by atoms with Gasteiger partial charge in [0.15, 0.2) is 0 Å². The molecule has 0 radical (unpaired) electrons. The first-order valence-corrected chi connectivity index (χ1v) is 8.45. The molecule has 1 aromatic rings.